The molecule has 1 aromatic carbocycles. The molecule has 0 aliphatic carbocycles. The molecule has 1 saturated heterocycles. The SMILES string of the molecule is CCOc1ccc(OCc2ccc(C(=O)N3CCN(Cc4cccnc4)CC3)o2)cc1. The third kappa shape index (κ3) is 5.64. The van der Waals surface area contributed by atoms with Gasteiger partial charge in [-0.2, -0.15) is 0 Å². The molecular weight excluding hydrogens is 394 g/mol. The summed E-state index contributed by atoms with van der Waals surface area (Å²) in [5.74, 6) is 2.42. The van der Waals surface area contributed by atoms with Crippen molar-refractivity contribution in [2.24, 2.45) is 0 Å². The average molecular weight is 421 g/mol. The minimum Gasteiger partial charge on any atom is -0.494 e. The van der Waals surface area contributed by atoms with E-state index in [4.69, 9.17) is 13.9 Å². The van der Waals surface area contributed by atoms with Gasteiger partial charge in [0.1, 0.15) is 23.9 Å². The van der Waals surface area contributed by atoms with Gasteiger partial charge in [0, 0.05) is 45.1 Å². The van der Waals surface area contributed by atoms with E-state index in [0.717, 1.165) is 31.1 Å². The highest BCUT2D eigenvalue weighted by atomic mass is 16.5. The lowest BCUT2D eigenvalue weighted by atomic mass is 10.2. The Labute approximate surface area is 182 Å². The molecule has 162 valence electrons. The van der Waals surface area contributed by atoms with Crippen molar-refractivity contribution in [3.63, 3.8) is 0 Å². The predicted molar refractivity (Wildman–Crippen MR) is 116 cm³/mol. The number of hydrogen-bond donors (Lipinski definition) is 0. The lowest BCUT2D eigenvalue weighted by molar-refractivity contribution is 0.0594. The maximum absolute atomic E-state index is 12.8. The second-order valence-corrected chi connectivity index (χ2v) is 7.39. The van der Waals surface area contributed by atoms with Crippen LogP contribution in [0.15, 0.2) is 65.3 Å². The minimum absolute atomic E-state index is 0.0756. The average Bonchev–Trinajstić information content (AvgIpc) is 3.29. The summed E-state index contributed by atoms with van der Waals surface area (Å²) in [5.41, 5.74) is 1.19. The number of pyridine rings is 1. The van der Waals surface area contributed by atoms with Crippen molar-refractivity contribution in [1.82, 2.24) is 14.8 Å². The Kier molecular flexibility index (Phi) is 6.84. The zero-order valence-electron chi connectivity index (χ0n) is 17.7. The number of amides is 1. The molecule has 3 aromatic rings. The van der Waals surface area contributed by atoms with Crippen molar-refractivity contribution < 1.29 is 18.7 Å². The van der Waals surface area contributed by atoms with E-state index in [1.807, 2.05) is 48.4 Å². The van der Waals surface area contributed by atoms with Gasteiger partial charge in [-0.15, -0.1) is 0 Å². The fourth-order valence-electron chi connectivity index (χ4n) is 3.54. The molecule has 7 heteroatoms. The summed E-state index contributed by atoms with van der Waals surface area (Å²) in [6.07, 6.45) is 3.66. The number of hydrogen-bond acceptors (Lipinski definition) is 6. The quantitative estimate of drug-likeness (QED) is 0.554. The Morgan fingerprint density at radius 1 is 1.00 bits per heavy atom. The highest BCUT2D eigenvalue weighted by Gasteiger charge is 2.24. The van der Waals surface area contributed by atoms with Crippen LogP contribution in [0.2, 0.25) is 0 Å². The highest BCUT2D eigenvalue weighted by molar-refractivity contribution is 5.91. The van der Waals surface area contributed by atoms with Crippen molar-refractivity contribution in [2.45, 2.75) is 20.1 Å². The molecule has 0 atom stereocenters. The van der Waals surface area contributed by atoms with E-state index in [2.05, 4.69) is 16.0 Å². The number of piperazine rings is 1. The molecule has 1 aliphatic heterocycles. The van der Waals surface area contributed by atoms with Gasteiger partial charge in [-0.05, 0) is 55.0 Å². The van der Waals surface area contributed by atoms with Crippen LogP contribution in [0.1, 0.15) is 28.8 Å². The summed E-state index contributed by atoms with van der Waals surface area (Å²) in [6.45, 7) is 6.70. The van der Waals surface area contributed by atoms with Gasteiger partial charge >= 0.3 is 0 Å². The molecule has 0 N–H and O–H groups in total. The van der Waals surface area contributed by atoms with Gasteiger partial charge in [0.15, 0.2) is 5.76 Å². The number of rotatable bonds is 8. The minimum atomic E-state index is -0.0756. The summed E-state index contributed by atoms with van der Waals surface area (Å²) < 4.78 is 16.9. The first-order valence-corrected chi connectivity index (χ1v) is 10.6. The Bertz CT molecular complexity index is 964. The number of furan rings is 1. The topological polar surface area (TPSA) is 68.0 Å². The van der Waals surface area contributed by atoms with Crippen LogP contribution in [0.3, 0.4) is 0 Å². The monoisotopic (exact) mass is 421 g/mol. The van der Waals surface area contributed by atoms with Gasteiger partial charge in [0.2, 0.25) is 0 Å². The zero-order valence-corrected chi connectivity index (χ0v) is 17.7. The van der Waals surface area contributed by atoms with Crippen molar-refractivity contribution in [2.75, 3.05) is 32.8 Å². The molecule has 0 saturated carbocycles. The molecule has 0 bridgehead atoms. The van der Waals surface area contributed by atoms with Gasteiger partial charge < -0.3 is 18.8 Å². The summed E-state index contributed by atoms with van der Waals surface area (Å²) in [4.78, 5) is 21.1. The first kappa shape index (κ1) is 20.9. The highest BCUT2D eigenvalue weighted by Crippen LogP contribution is 2.20. The lowest BCUT2D eigenvalue weighted by Gasteiger charge is -2.34. The Morgan fingerprint density at radius 3 is 2.42 bits per heavy atom. The number of benzene rings is 1. The lowest BCUT2D eigenvalue weighted by Crippen LogP contribution is -2.48. The van der Waals surface area contributed by atoms with Gasteiger partial charge in [-0.3, -0.25) is 14.7 Å². The molecule has 1 fully saturated rings. The predicted octanol–water partition coefficient (Wildman–Crippen LogP) is 3.61. The third-order valence-electron chi connectivity index (χ3n) is 5.18. The molecule has 4 rings (SSSR count). The van der Waals surface area contributed by atoms with E-state index < -0.39 is 0 Å². The zero-order chi connectivity index (χ0) is 21.5. The van der Waals surface area contributed by atoms with Crippen LogP contribution in [-0.2, 0) is 13.2 Å². The van der Waals surface area contributed by atoms with Gasteiger partial charge in [-0.1, -0.05) is 6.07 Å². The normalized spacial score (nSPS) is 14.4. The molecule has 1 aliphatic rings. The Hall–Kier alpha value is -3.32. The largest absolute Gasteiger partial charge is 0.494 e. The summed E-state index contributed by atoms with van der Waals surface area (Å²) in [6, 6.07) is 15.0. The fraction of sp³-hybridized carbons (Fsp3) is 0.333. The Balaban J connectivity index is 1.25. The number of carbonyl (C=O) groups is 1. The van der Waals surface area contributed by atoms with E-state index in [0.29, 0.717) is 31.2 Å². The van der Waals surface area contributed by atoms with Crippen molar-refractivity contribution in [3.05, 3.63) is 78.0 Å². The van der Waals surface area contributed by atoms with E-state index in [1.165, 1.54) is 5.56 Å². The van der Waals surface area contributed by atoms with Crippen molar-refractivity contribution in [1.29, 1.82) is 0 Å². The van der Waals surface area contributed by atoms with Crippen LogP contribution < -0.4 is 9.47 Å². The van der Waals surface area contributed by atoms with Crippen molar-refractivity contribution >= 4 is 5.91 Å². The maximum Gasteiger partial charge on any atom is 0.289 e. The van der Waals surface area contributed by atoms with Gasteiger partial charge in [0.05, 0.1) is 6.61 Å². The number of carbonyl (C=O) groups excluding carboxylic acids is 1. The van der Waals surface area contributed by atoms with Crippen LogP contribution in [0.25, 0.3) is 0 Å². The summed E-state index contributed by atoms with van der Waals surface area (Å²) in [7, 11) is 0. The van der Waals surface area contributed by atoms with E-state index in [1.54, 1.807) is 18.3 Å². The smallest absolute Gasteiger partial charge is 0.289 e. The molecule has 3 heterocycles. The standard InChI is InChI=1S/C24H27N3O4/c1-2-29-20-5-7-21(8-6-20)30-18-22-9-10-23(31-22)24(28)27-14-12-26(13-15-27)17-19-4-3-11-25-16-19/h3-11,16H,2,12-15,17-18H2,1H3. The Morgan fingerprint density at radius 2 is 1.74 bits per heavy atom. The van der Waals surface area contributed by atoms with E-state index >= 15 is 0 Å². The number of nitrogens with zero attached hydrogens (tertiary/aromatic N) is 3. The molecule has 0 radical (unpaired) electrons. The summed E-state index contributed by atoms with van der Waals surface area (Å²) >= 11 is 0. The van der Waals surface area contributed by atoms with Crippen LogP contribution >= 0.6 is 0 Å². The second-order valence-electron chi connectivity index (χ2n) is 7.39. The molecule has 7 nitrogen and oxygen atoms in total. The molecule has 0 spiro atoms. The third-order valence-corrected chi connectivity index (χ3v) is 5.18. The van der Waals surface area contributed by atoms with Crippen LogP contribution in [0, 0.1) is 0 Å². The molecule has 1 amide bonds. The van der Waals surface area contributed by atoms with Crippen molar-refractivity contribution in [3.8, 4) is 11.5 Å². The number of aromatic nitrogens is 1. The van der Waals surface area contributed by atoms with E-state index in [9.17, 15) is 4.79 Å². The maximum atomic E-state index is 12.8. The second kappa shape index (κ2) is 10.1. The van der Waals surface area contributed by atoms with Gasteiger partial charge in [0.25, 0.3) is 5.91 Å². The van der Waals surface area contributed by atoms with Gasteiger partial charge in [-0.25, -0.2) is 0 Å². The van der Waals surface area contributed by atoms with Crippen LogP contribution in [0.5, 0.6) is 11.5 Å². The van der Waals surface area contributed by atoms with E-state index in [-0.39, 0.29) is 12.5 Å². The van der Waals surface area contributed by atoms with Crippen LogP contribution in [-0.4, -0.2) is 53.5 Å². The molecular formula is C24H27N3O4. The fourth-order valence-corrected chi connectivity index (χ4v) is 3.54. The molecule has 2 aromatic heterocycles. The number of ether oxygens (including phenoxy) is 2. The van der Waals surface area contributed by atoms with Crippen LogP contribution in [0.4, 0.5) is 0 Å². The first-order chi connectivity index (χ1) is 15.2. The summed E-state index contributed by atoms with van der Waals surface area (Å²) in [5, 5.41) is 0. The molecule has 0 unspecified atom stereocenters. The molecule has 31 heavy (non-hydrogen) atoms. The first-order valence-electron chi connectivity index (χ1n) is 10.6.